The van der Waals surface area contributed by atoms with E-state index in [1.54, 1.807) is 0 Å². The van der Waals surface area contributed by atoms with E-state index in [4.69, 9.17) is 5.14 Å². The van der Waals surface area contributed by atoms with Gasteiger partial charge in [0, 0.05) is 18.8 Å². The van der Waals surface area contributed by atoms with Crippen molar-refractivity contribution in [3.63, 3.8) is 0 Å². The second kappa shape index (κ2) is 4.45. The Balaban J connectivity index is 3.02. The molecule has 0 aliphatic rings. The molecule has 6 nitrogen and oxygen atoms in total. The van der Waals surface area contributed by atoms with Gasteiger partial charge in [-0.25, -0.2) is 5.14 Å². The number of aryl methyl sites for hydroxylation is 1. The fraction of sp³-hybridized carbons (Fsp3) is 0.375. The molecule has 0 saturated carbocycles. The molecule has 1 aromatic heterocycles. The second-order valence-electron chi connectivity index (χ2n) is 3.10. The number of nitrogens with zero attached hydrogens (tertiary/aromatic N) is 1. The van der Waals surface area contributed by atoms with Crippen LogP contribution >= 0.6 is 0 Å². The molecule has 84 valence electrons. The summed E-state index contributed by atoms with van der Waals surface area (Å²) in [5, 5.41) is 4.80. The Morgan fingerprint density at radius 3 is 2.67 bits per heavy atom. The molecule has 0 amide bonds. The van der Waals surface area contributed by atoms with E-state index < -0.39 is 10.2 Å². The maximum Gasteiger partial charge on any atom is 0.296 e. The van der Waals surface area contributed by atoms with Gasteiger partial charge in [-0.15, -0.1) is 0 Å². The van der Waals surface area contributed by atoms with Crippen molar-refractivity contribution in [3.05, 3.63) is 28.7 Å². The molecule has 1 heterocycles. The van der Waals surface area contributed by atoms with E-state index in [2.05, 4.69) is 4.72 Å². The van der Waals surface area contributed by atoms with Crippen molar-refractivity contribution in [2.45, 2.75) is 19.9 Å². The molecular formula is C8H13N3O3S. The van der Waals surface area contributed by atoms with E-state index >= 15 is 0 Å². The summed E-state index contributed by atoms with van der Waals surface area (Å²) in [7, 11) is -3.79. The second-order valence-corrected chi connectivity index (χ2v) is 4.39. The highest BCUT2D eigenvalue weighted by molar-refractivity contribution is 7.90. The van der Waals surface area contributed by atoms with Gasteiger partial charge in [0.05, 0.1) is 5.69 Å². The number of anilines is 1. The maximum absolute atomic E-state index is 11.3. The number of pyridine rings is 1. The predicted octanol–water partition coefficient (Wildman–Crippen LogP) is -0.126. The Labute approximate surface area is 87.9 Å². The van der Waals surface area contributed by atoms with Crippen LogP contribution in [0.15, 0.2) is 23.1 Å². The average Bonchev–Trinajstić information content (AvgIpc) is 2.09. The third-order valence-corrected chi connectivity index (χ3v) is 2.23. The Morgan fingerprint density at radius 1 is 1.47 bits per heavy atom. The summed E-state index contributed by atoms with van der Waals surface area (Å²) in [5.74, 6) is 0. The van der Waals surface area contributed by atoms with Gasteiger partial charge in [-0.2, -0.15) is 8.42 Å². The van der Waals surface area contributed by atoms with Gasteiger partial charge in [0.2, 0.25) is 0 Å². The molecule has 0 aliphatic carbocycles. The highest BCUT2D eigenvalue weighted by Crippen LogP contribution is 2.04. The lowest BCUT2D eigenvalue weighted by atomic mass is 10.4. The van der Waals surface area contributed by atoms with Gasteiger partial charge in [0.25, 0.3) is 15.8 Å². The molecule has 0 spiro atoms. The highest BCUT2D eigenvalue weighted by Gasteiger charge is 2.03. The van der Waals surface area contributed by atoms with Crippen LogP contribution in [0.4, 0.5) is 5.69 Å². The van der Waals surface area contributed by atoms with E-state index in [1.807, 2.05) is 6.92 Å². The summed E-state index contributed by atoms with van der Waals surface area (Å²) in [4.78, 5) is 11.3. The molecule has 0 fully saturated rings. The molecule has 0 unspecified atom stereocenters. The lowest BCUT2D eigenvalue weighted by Gasteiger charge is -2.07. The molecule has 0 aromatic carbocycles. The highest BCUT2D eigenvalue weighted by atomic mass is 32.2. The normalized spacial score (nSPS) is 11.3. The summed E-state index contributed by atoms with van der Waals surface area (Å²) < 4.78 is 25.0. The number of nitrogens with two attached hydrogens (primary N) is 1. The number of hydrogen-bond donors (Lipinski definition) is 2. The van der Waals surface area contributed by atoms with Crippen molar-refractivity contribution in [1.82, 2.24) is 4.57 Å². The minimum Gasteiger partial charge on any atom is -0.313 e. The topological polar surface area (TPSA) is 94.2 Å². The molecule has 0 radical (unpaired) electrons. The lowest BCUT2D eigenvalue weighted by Crippen LogP contribution is -2.24. The Kier molecular flexibility index (Phi) is 3.48. The first-order chi connectivity index (χ1) is 6.92. The van der Waals surface area contributed by atoms with Crippen LogP contribution in [0, 0.1) is 0 Å². The minimum absolute atomic E-state index is 0.170. The summed E-state index contributed by atoms with van der Waals surface area (Å²) in [6.07, 6.45) is 2.22. The van der Waals surface area contributed by atoms with Crippen LogP contribution in [0.2, 0.25) is 0 Å². The number of nitrogens with one attached hydrogen (secondary N) is 1. The average molecular weight is 231 g/mol. The molecule has 0 bridgehead atoms. The number of aromatic nitrogens is 1. The third-order valence-electron chi connectivity index (χ3n) is 1.71. The zero-order chi connectivity index (χ0) is 11.5. The van der Waals surface area contributed by atoms with E-state index in [9.17, 15) is 13.2 Å². The van der Waals surface area contributed by atoms with Crippen molar-refractivity contribution < 1.29 is 8.42 Å². The fourth-order valence-corrected chi connectivity index (χ4v) is 1.62. The van der Waals surface area contributed by atoms with Crippen molar-refractivity contribution >= 4 is 15.9 Å². The van der Waals surface area contributed by atoms with Gasteiger partial charge in [-0.1, -0.05) is 6.92 Å². The third kappa shape index (κ3) is 3.72. The van der Waals surface area contributed by atoms with Gasteiger partial charge in [-0.05, 0) is 12.5 Å². The van der Waals surface area contributed by atoms with E-state index in [-0.39, 0.29) is 11.2 Å². The first kappa shape index (κ1) is 11.7. The molecule has 15 heavy (non-hydrogen) atoms. The van der Waals surface area contributed by atoms with Crippen LogP contribution in [0.3, 0.4) is 0 Å². The molecule has 3 N–H and O–H groups in total. The molecule has 0 atom stereocenters. The van der Waals surface area contributed by atoms with Crippen LogP contribution < -0.4 is 15.4 Å². The van der Waals surface area contributed by atoms with Gasteiger partial charge < -0.3 is 4.57 Å². The van der Waals surface area contributed by atoms with E-state index in [1.165, 1.54) is 22.9 Å². The fourth-order valence-electron chi connectivity index (χ4n) is 1.17. The number of hydrogen-bond acceptors (Lipinski definition) is 3. The summed E-state index contributed by atoms with van der Waals surface area (Å²) in [6.45, 7) is 2.46. The lowest BCUT2D eigenvalue weighted by molar-refractivity contribution is 0.602. The molecule has 1 rings (SSSR count). The summed E-state index contributed by atoms with van der Waals surface area (Å²) in [5.41, 5.74) is 0.113. The van der Waals surface area contributed by atoms with Gasteiger partial charge in [-0.3, -0.25) is 9.52 Å². The Hall–Kier alpha value is -1.34. The van der Waals surface area contributed by atoms with Crippen molar-refractivity contribution in [3.8, 4) is 0 Å². The van der Waals surface area contributed by atoms with Gasteiger partial charge in [0.1, 0.15) is 0 Å². The molecule has 7 heteroatoms. The molecular weight excluding hydrogens is 218 g/mol. The molecule has 0 aliphatic heterocycles. The van der Waals surface area contributed by atoms with Crippen molar-refractivity contribution in [2.75, 3.05) is 4.72 Å². The minimum atomic E-state index is -3.79. The maximum atomic E-state index is 11.3. The summed E-state index contributed by atoms with van der Waals surface area (Å²) in [6, 6.07) is 2.67. The van der Waals surface area contributed by atoms with Crippen molar-refractivity contribution in [2.24, 2.45) is 5.14 Å². The molecule has 1 aromatic rings. The van der Waals surface area contributed by atoms with Gasteiger partial charge >= 0.3 is 0 Å². The predicted molar refractivity (Wildman–Crippen MR) is 57.7 cm³/mol. The van der Waals surface area contributed by atoms with E-state index in [0.29, 0.717) is 6.54 Å². The molecule has 0 saturated heterocycles. The van der Waals surface area contributed by atoms with Crippen LogP contribution in [0.25, 0.3) is 0 Å². The first-order valence-corrected chi connectivity index (χ1v) is 5.98. The number of rotatable bonds is 4. The van der Waals surface area contributed by atoms with Crippen LogP contribution in [0.1, 0.15) is 13.3 Å². The Bertz CT molecular complexity index is 492. The van der Waals surface area contributed by atoms with E-state index in [0.717, 1.165) is 6.42 Å². The largest absolute Gasteiger partial charge is 0.313 e. The van der Waals surface area contributed by atoms with Crippen LogP contribution in [-0.4, -0.2) is 13.0 Å². The van der Waals surface area contributed by atoms with Gasteiger partial charge in [0.15, 0.2) is 0 Å². The first-order valence-electron chi connectivity index (χ1n) is 4.43. The van der Waals surface area contributed by atoms with Crippen LogP contribution in [-0.2, 0) is 16.8 Å². The SMILES string of the molecule is CCCn1cc(NS(N)(=O)=O)ccc1=O. The Morgan fingerprint density at radius 2 is 2.13 bits per heavy atom. The smallest absolute Gasteiger partial charge is 0.296 e. The summed E-state index contributed by atoms with van der Waals surface area (Å²) >= 11 is 0. The monoisotopic (exact) mass is 231 g/mol. The quantitative estimate of drug-likeness (QED) is 0.756. The van der Waals surface area contributed by atoms with Crippen LogP contribution in [0.5, 0.6) is 0 Å². The standard InChI is InChI=1S/C8H13N3O3S/c1-2-5-11-6-7(3-4-8(11)12)10-15(9,13)14/h3-4,6,10H,2,5H2,1H3,(H2,9,13,14). The zero-order valence-electron chi connectivity index (χ0n) is 8.30. The zero-order valence-corrected chi connectivity index (χ0v) is 9.12. The van der Waals surface area contributed by atoms with Crippen molar-refractivity contribution in [1.29, 1.82) is 0 Å².